The van der Waals surface area contributed by atoms with Crippen LogP contribution in [0.2, 0.25) is 0 Å². The highest BCUT2D eigenvalue weighted by Crippen LogP contribution is 2.22. The first kappa shape index (κ1) is 16.8. The highest BCUT2D eigenvalue weighted by molar-refractivity contribution is 5.48. The lowest BCUT2D eigenvalue weighted by molar-refractivity contribution is 0.242. The quantitative estimate of drug-likeness (QED) is 0.552. The molecule has 0 amide bonds. The van der Waals surface area contributed by atoms with Gasteiger partial charge in [-0.1, -0.05) is 17.4 Å². The van der Waals surface area contributed by atoms with Gasteiger partial charge in [0, 0.05) is 12.1 Å². The van der Waals surface area contributed by atoms with Crippen LogP contribution in [-0.4, -0.2) is 12.2 Å². The van der Waals surface area contributed by atoms with E-state index in [1.165, 1.54) is 0 Å². The van der Waals surface area contributed by atoms with Crippen molar-refractivity contribution in [3.05, 3.63) is 48.5 Å². The Morgan fingerprint density at radius 2 is 1.43 bits per heavy atom. The smallest absolute Gasteiger partial charge is 0.121 e. The minimum absolute atomic E-state index is 0.129. The number of rotatable bonds is 7. The summed E-state index contributed by atoms with van der Waals surface area (Å²) in [5.41, 5.74) is 4.45. The molecule has 0 unspecified atom stereocenters. The Bertz CT molecular complexity index is 654. The molecule has 2 aromatic rings. The molecule has 0 aliphatic heterocycles. The van der Waals surface area contributed by atoms with Gasteiger partial charge < -0.3 is 9.47 Å². The summed E-state index contributed by atoms with van der Waals surface area (Å²) in [5, 5.41) is 8.17. The van der Waals surface area contributed by atoms with Crippen molar-refractivity contribution in [1.82, 2.24) is 0 Å². The summed E-state index contributed by atoms with van der Waals surface area (Å²) in [6.07, 6.45) is 0.264. The molecule has 0 aromatic heterocycles. The van der Waals surface area contributed by atoms with Crippen molar-refractivity contribution in [3.8, 4) is 11.5 Å². The fourth-order valence-corrected chi connectivity index (χ4v) is 1.94. The van der Waals surface area contributed by atoms with Crippen LogP contribution in [0.4, 0.5) is 11.4 Å². The van der Waals surface area contributed by atoms with Crippen LogP contribution in [0.1, 0.15) is 27.7 Å². The molecule has 2 rings (SSSR count). The van der Waals surface area contributed by atoms with Crippen LogP contribution in [-0.2, 0) is 0 Å². The largest absolute Gasteiger partial charge is 0.491 e. The van der Waals surface area contributed by atoms with E-state index in [0.717, 1.165) is 22.9 Å². The Morgan fingerprint density at radius 3 is 2.09 bits per heavy atom. The molecule has 0 saturated heterocycles. The number of anilines is 1. The van der Waals surface area contributed by atoms with Crippen LogP contribution < -0.4 is 14.9 Å². The van der Waals surface area contributed by atoms with Gasteiger partial charge in [-0.15, -0.1) is 5.11 Å². The molecule has 0 aliphatic carbocycles. The van der Waals surface area contributed by atoms with Crippen LogP contribution in [0, 0.1) is 0 Å². The van der Waals surface area contributed by atoms with Gasteiger partial charge in [-0.05, 0) is 52.0 Å². The van der Waals surface area contributed by atoms with E-state index >= 15 is 0 Å². The molecule has 0 bridgehead atoms. The van der Waals surface area contributed by atoms with E-state index in [1.54, 1.807) is 0 Å². The number of hydrogen-bond acceptors (Lipinski definition) is 4. The van der Waals surface area contributed by atoms with Crippen LogP contribution >= 0.6 is 0 Å². The van der Waals surface area contributed by atoms with Gasteiger partial charge >= 0.3 is 0 Å². The molecule has 0 heterocycles. The molecule has 23 heavy (non-hydrogen) atoms. The maximum atomic E-state index is 5.64. The predicted octanol–water partition coefficient (Wildman–Crippen LogP) is 5.37. The summed E-state index contributed by atoms with van der Waals surface area (Å²) in [5.74, 6) is 1.58. The zero-order valence-electron chi connectivity index (χ0n) is 14.0. The molecule has 0 saturated carbocycles. The van der Waals surface area contributed by atoms with Crippen molar-refractivity contribution in [2.24, 2.45) is 10.3 Å². The van der Waals surface area contributed by atoms with Crippen molar-refractivity contribution in [2.75, 3.05) is 5.43 Å². The fourth-order valence-electron chi connectivity index (χ4n) is 1.94. The van der Waals surface area contributed by atoms with E-state index in [2.05, 4.69) is 15.8 Å². The van der Waals surface area contributed by atoms with Gasteiger partial charge in [0.25, 0.3) is 0 Å². The third kappa shape index (κ3) is 5.98. The second kappa shape index (κ2) is 8.17. The van der Waals surface area contributed by atoms with Gasteiger partial charge in [-0.3, -0.25) is 5.43 Å². The number of hydrogen-bond donors (Lipinski definition) is 1. The summed E-state index contributed by atoms with van der Waals surface area (Å²) in [4.78, 5) is 0. The van der Waals surface area contributed by atoms with Crippen LogP contribution in [0.3, 0.4) is 0 Å². The Labute approximate surface area is 137 Å². The summed E-state index contributed by atoms with van der Waals surface area (Å²) in [6, 6.07) is 15.1. The third-order valence-electron chi connectivity index (χ3n) is 2.74. The molecule has 122 valence electrons. The molecular formula is C18H23N3O2. The summed E-state index contributed by atoms with van der Waals surface area (Å²) < 4.78 is 11.3. The average molecular weight is 313 g/mol. The van der Waals surface area contributed by atoms with E-state index < -0.39 is 0 Å². The van der Waals surface area contributed by atoms with Crippen molar-refractivity contribution >= 4 is 11.4 Å². The number of nitrogens with one attached hydrogen (secondary N) is 1. The first-order chi connectivity index (χ1) is 11.0. The first-order valence-electron chi connectivity index (χ1n) is 7.73. The predicted molar refractivity (Wildman–Crippen MR) is 92.6 cm³/mol. The normalized spacial score (nSPS) is 11.2. The standard InChI is InChI=1S/C18H23N3O2/c1-13(2)22-17-9-5-7-15(11-17)19-21-20-16-8-6-10-18(12-16)23-14(3)4/h5-14H,1-4H3,(H,19,20). The minimum atomic E-state index is 0.129. The van der Waals surface area contributed by atoms with Gasteiger partial charge in [0.2, 0.25) is 0 Å². The third-order valence-corrected chi connectivity index (χ3v) is 2.74. The maximum absolute atomic E-state index is 5.64. The Morgan fingerprint density at radius 1 is 0.826 bits per heavy atom. The molecule has 0 radical (unpaired) electrons. The molecule has 5 heteroatoms. The summed E-state index contributed by atoms with van der Waals surface area (Å²) in [7, 11) is 0. The van der Waals surface area contributed by atoms with Crippen molar-refractivity contribution in [2.45, 2.75) is 39.9 Å². The fraction of sp³-hybridized carbons (Fsp3) is 0.333. The molecule has 0 aliphatic rings. The lowest BCUT2D eigenvalue weighted by Gasteiger charge is -2.10. The number of benzene rings is 2. The highest BCUT2D eigenvalue weighted by atomic mass is 16.5. The van der Waals surface area contributed by atoms with Gasteiger partial charge in [-0.2, -0.15) is 0 Å². The topological polar surface area (TPSA) is 55.2 Å². The van der Waals surface area contributed by atoms with Gasteiger partial charge in [0.05, 0.1) is 23.6 Å². The Hall–Kier alpha value is -2.56. The molecule has 0 atom stereocenters. The second-order valence-electron chi connectivity index (χ2n) is 5.67. The first-order valence-corrected chi connectivity index (χ1v) is 7.73. The Balaban J connectivity index is 1.99. The zero-order valence-corrected chi connectivity index (χ0v) is 14.0. The molecule has 1 N–H and O–H groups in total. The second-order valence-corrected chi connectivity index (χ2v) is 5.67. The van der Waals surface area contributed by atoms with Crippen molar-refractivity contribution < 1.29 is 9.47 Å². The zero-order chi connectivity index (χ0) is 16.7. The van der Waals surface area contributed by atoms with E-state index in [9.17, 15) is 0 Å². The van der Waals surface area contributed by atoms with Gasteiger partial charge in [0.15, 0.2) is 0 Å². The summed E-state index contributed by atoms with van der Waals surface area (Å²) in [6.45, 7) is 7.96. The Kier molecular flexibility index (Phi) is 5.97. The van der Waals surface area contributed by atoms with Crippen LogP contribution in [0.5, 0.6) is 11.5 Å². The highest BCUT2D eigenvalue weighted by Gasteiger charge is 2.00. The van der Waals surface area contributed by atoms with Gasteiger partial charge in [0.1, 0.15) is 11.5 Å². The number of nitrogens with zero attached hydrogens (tertiary/aromatic N) is 2. The minimum Gasteiger partial charge on any atom is -0.491 e. The van der Waals surface area contributed by atoms with Crippen LogP contribution in [0.25, 0.3) is 0 Å². The monoisotopic (exact) mass is 313 g/mol. The maximum Gasteiger partial charge on any atom is 0.121 e. The van der Waals surface area contributed by atoms with E-state index in [-0.39, 0.29) is 12.2 Å². The van der Waals surface area contributed by atoms with Crippen molar-refractivity contribution in [1.29, 1.82) is 0 Å². The average Bonchev–Trinajstić information content (AvgIpc) is 2.46. The molecule has 0 fully saturated rings. The SMILES string of the molecule is CC(C)Oc1cccc(/N=N/Nc2cccc(OC(C)C)c2)c1. The van der Waals surface area contributed by atoms with Crippen LogP contribution in [0.15, 0.2) is 58.9 Å². The molecule has 5 nitrogen and oxygen atoms in total. The number of ether oxygens (including phenoxy) is 2. The molecule has 0 spiro atoms. The lowest BCUT2D eigenvalue weighted by atomic mass is 10.3. The van der Waals surface area contributed by atoms with Gasteiger partial charge in [-0.25, -0.2) is 0 Å². The molecule has 2 aromatic carbocycles. The summed E-state index contributed by atoms with van der Waals surface area (Å²) >= 11 is 0. The van der Waals surface area contributed by atoms with E-state index in [0.29, 0.717) is 0 Å². The van der Waals surface area contributed by atoms with Crippen molar-refractivity contribution in [3.63, 3.8) is 0 Å². The lowest BCUT2D eigenvalue weighted by Crippen LogP contribution is -2.05. The molecular weight excluding hydrogens is 290 g/mol. The van der Waals surface area contributed by atoms with E-state index in [4.69, 9.17) is 9.47 Å². The van der Waals surface area contributed by atoms with E-state index in [1.807, 2.05) is 76.2 Å².